The Bertz CT molecular complexity index is 849. The molecule has 0 fully saturated rings. The Balaban J connectivity index is 1.86. The number of aromatic nitrogens is 2. The third-order valence-corrected chi connectivity index (χ3v) is 3.75. The van der Waals surface area contributed by atoms with Crippen LogP contribution >= 0.6 is 11.6 Å². The van der Waals surface area contributed by atoms with Crippen molar-refractivity contribution in [1.29, 1.82) is 0 Å². The first-order valence-electron chi connectivity index (χ1n) is 6.74. The van der Waals surface area contributed by atoms with Gasteiger partial charge >= 0.3 is 0 Å². The molecular weight excluding hydrogens is 300 g/mol. The summed E-state index contributed by atoms with van der Waals surface area (Å²) >= 11 is 6.18. The number of halogens is 1. The van der Waals surface area contributed by atoms with Gasteiger partial charge in [-0.3, -0.25) is 14.8 Å². The maximum atomic E-state index is 12.4. The Labute approximate surface area is 132 Å². The Morgan fingerprint density at radius 3 is 2.59 bits per heavy atom. The zero-order chi connectivity index (χ0) is 15.5. The first-order chi connectivity index (χ1) is 10.7. The molecule has 0 unspecified atom stereocenters. The van der Waals surface area contributed by atoms with E-state index in [1.165, 1.54) is 0 Å². The van der Waals surface area contributed by atoms with Crippen molar-refractivity contribution in [2.75, 3.05) is 7.11 Å². The van der Waals surface area contributed by atoms with Gasteiger partial charge in [0.2, 0.25) is 0 Å². The van der Waals surface area contributed by atoms with Crippen LogP contribution in [0.4, 0.5) is 0 Å². The second-order valence-corrected chi connectivity index (χ2v) is 5.22. The van der Waals surface area contributed by atoms with Crippen LogP contribution in [0.5, 0.6) is 5.75 Å². The van der Waals surface area contributed by atoms with Gasteiger partial charge < -0.3 is 4.74 Å². The van der Waals surface area contributed by atoms with Crippen LogP contribution in [0.25, 0.3) is 11.0 Å². The summed E-state index contributed by atoms with van der Waals surface area (Å²) in [7, 11) is 1.58. The van der Waals surface area contributed by atoms with E-state index < -0.39 is 0 Å². The first-order valence-corrected chi connectivity index (χ1v) is 7.11. The lowest BCUT2D eigenvalue weighted by Gasteiger charge is -2.07. The maximum Gasteiger partial charge on any atom is 0.167 e. The van der Waals surface area contributed by atoms with Crippen molar-refractivity contribution >= 4 is 28.4 Å². The molecule has 0 aliphatic heterocycles. The Morgan fingerprint density at radius 2 is 1.86 bits per heavy atom. The lowest BCUT2D eigenvalue weighted by Crippen LogP contribution is -2.04. The lowest BCUT2D eigenvalue weighted by molar-refractivity contribution is 0.0993. The van der Waals surface area contributed by atoms with E-state index in [2.05, 4.69) is 9.97 Å². The third kappa shape index (κ3) is 2.92. The van der Waals surface area contributed by atoms with E-state index >= 15 is 0 Å². The van der Waals surface area contributed by atoms with Gasteiger partial charge in [0.1, 0.15) is 5.75 Å². The Hall–Kier alpha value is -2.46. The van der Waals surface area contributed by atoms with Gasteiger partial charge in [-0.15, -0.1) is 0 Å². The van der Waals surface area contributed by atoms with Crippen LogP contribution in [0.2, 0.25) is 5.02 Å². The van der Waals surface area contributed by atoms with E-state index in [9.17, 15) is 4.79 Å². The molecule has 0 bridgehead atoms. The monoisotopic (exact) mass is 312 g/mol. The number of fused-ring (bicyclic) bond motifs is 1. The highest BCUT2D eigenvalue weighted by Crippen LogP contribution is 2.24. The fraction of sp³-hybridized carbons (Fsp3) is 0.118. The predicted molar refractivity (Wildman–Crippen MR) is 85.6 cm³/mol. The molecule has 3 aromatic rings. The summed E-state index contributed by atoms with van der Waals surface area (Å²) in [4.78, 5) is 20.8. The van der Waals surface area contributed by atoms with E-state index in [4.69, 9.17) is 16.3 Å². The summed E-state index contributed by atoms with van der Waals surface area (Å²) in [6.45, 7) is 0. The molecule has 22 heavy (non-hydrogen) atoms. The fourth-order valence-corrected chi connectivity index (χ4v) is 2.45. The summed E-state index contributed by atoms with van der Waals surface area (Å²) < 4.78 is 5.10. The van der Waals surface area contributed by atoms with Gasteiger partial charge in [0.05, 0.1) is 18.1 Å². The molecule has 3 rings (SSSR count). The number of methoxy groups -OCH3 is 1. The van der Waals surface area contributed by atoms with Crippen LogP contribution in [-0.2, 0) is 6.42 Å². The van der Waals surface area contributed by atoms with Crippen molar-refractivity contribution in [2.45, 2.75) is 6.42 Å². The molecule has 0 aliphatic carbocycles. The van der Waals surface area contributed by atoms with Crippen LogP contribution in [-0.4, -0.2) is 22.9 Å². The van der Waals surface area contributed by atoms with Crippen molar-refractivity contribution in [1.82, 2.24) is 9.97 Å². The topological polar surface area (TPSA) is 52.1 Å². The number of benzene rings is 2. The molecule has 0 spiro atoms. The second kappa shape index (κ2) is 6.12. The van der Waals surface area contributed by atoms with Crippen molar-refractivity contribution in [3.8, 4) is 5.75 Å². The SMILES string of the molecule is COc1ccc(CC(=O)c2ccc3nccnc3c2)c(Cl)c1. The van der Waals surface area contributed by atoms with Gasteiger partial charge in [-0.25, -0.2) is 0 Å². The van der Waals surface area contributed by atoms with Crippen LogP contribution < -0.4 is 4.74 Å². The molecule has 0 N–H and O–H groups in total. The van der Waals surface area contributed by atoms with Crippen LogP contribution in [0.15, 0.2) is 48.8 Å². The summed E-state index contributed by atoms with van der Waals surface area (Å²) in [6.07, 6.45) is 3.46. The van der Waals surface area contributed by atoms with Gasteiger partial charge in [0, 0.05) is 29.4 Å². The van der Waals surface area contributed by atoms with Crippen molar-refractivity contribution in [2.24, 2.45) is 0 Å². The number of hydrogen-bond donors (Lipinski definition) is 0. The molecule has 1 aromatic heterocycles. The highest BCUT2D eigenvalue weighted by molar-refractivity contribution is 6.31. The van der Waals surface area contributed by atoms with Crippen LogP contribution in [0.3, 0.4) is 0 Å². The second-order valence-electron chi connectivity index (χ2n) is 4.82. The van der Waals surface area contributed by atoms with E-state index in [1.54, 1.807) is 55.9 Å². The molecule has 0 saturated carbocycles. The number of ketones is 1. The zero-order valence-electron chi connectivity index (χ0n) is 11.9. The molecule has 110 valence electrons. The molecule has 0 amide bonds. The first kappa shape index (κ1) is 14.5. The number of carbonyl (C=O) groups is 1. The van der Waals surface area contributed by atoms with Crippen molar-refractivity contribution in [3.63, 3.8) is 0 Å². The quantitative estimate of drug-likeness (QED) is 0.689. The molecule has 0 radical (unpaired) electrons. The number of rotatable bonds is 4. The predicted octanol–water partition coefficient (Wildman–Crippen LogP) is 3.72. The maximum absolute atomic E-state index is 12.4. The zero-order valence-corrected chi connectivity index (χ0v) is 12.7. The smallest absolute Gasteiger partial charge is 0.167 e. The fourth-order valence-electron chi connectivity index (χ4n) is 2.21. The van der Waals surface area contributed by atoms with E-state index in [1.807, 2.05) is 0 Å². The number of ether oxygens (including phenoxy) is 1. The Kier molecular flexibility index (Phi) is 4.02. The van der Waals surface area contributed by atoms with Gasteiger partial charge in [-0.1, -0.05) is 17.7 Å². The van der Waals surface area contributed by atoms with Gasteiger partial charge in [0.15, 0.2) is 5.78 Å². The molecule has 0 aliphatic rings. The number of Topliss-reactive ketones (excluding diaryl/α,β-unsaturated/α-hetero) is 1. The minimum Gasteiger partial charge on any atom is -0.497 e. The van der Waals surface area contributed by atoms with Gasteiger partial charge in [0.25, 0.3) is 0 Å². The average Bonchev–Trinajstić information content (AvgIpc) is 2.56. The minimum atomic E-state index is -0.0142. The van der Waals surface area contributed by atoms with Gasteiger partial charge in [-0.2, -0.15) is 0 Å². The molecule has 1 heterocycles. The lowest BCUT2D eigenvalue weighted by atomic mass is 10.0. The summed E-state index contributed by atoms with van der Waals surface area (Å²) in [5.74, 6) is 0.654. The van der Waals surface area contributed by atoms with Crippen LogP contribution in [0.1, 0.15) is 15.9 Å². The molecule has 0 saturated heterocycles. The van der Waals surface area contributed by atoms with Gasteiger partial charge in [-0.05, 0) is 35.9 Å². The van der Waals surface area contributed by atoms with Crippen LogP contribution in [0, 0.1) is 0 Å². The van der Waals surface area contributed by atoms with E-state index in [0.29, 0.717) is 21.9 Å². The van der Waals surface area contributed by atoms with E-state index in [0.717, 1.165) is 11.1 Å². The molecule has 0 atom stereocenters. The van der Waals surface area contributed by atoms with Crippen molar-refractivity contribution < 1.29 is 9.53 Å². The highest BCUT2D eigenvalue weighted by atomic mass is 35.5. The molecular formula is C17H13ClN2O2. The third-order valence-electron chi connectivity index (χ3n) is 3.40. The number of hydrogen-bond acceptors (Lipinski definition) is 4. The largest absolute Gasteiger partial charge is 0.497 e. The summed E-state index contributed by atoms with van der Waals surface area (Å²) in [5.41, 5.74) is 2.84. The average molecular weight is 313 g/mol. The number of nitrogens with zero attached hydrogens (tertiary/aromatic N) is 2. The minimum absolute atomic E-state index is 0.0142. The summed E-state index contributed by atoms with van der Waals surface area (Å²) in [6, 6.07) is 10.6. The highest BCUT2D eigenvalue weighted by Gasteiger charge is 2.11. The molecule has 2 aromatic carbocycles. The standard InChI is InChI=1S/C17H13ClN2O2/c1-22-13-4-2-11(14(18)10-13)9-17(21)12-3-5-15-16(8-12)20-7-6-19-15/h2-8,10H,9H2,1H3. The van der Waals surface area contributed by atoms with E-state index in [-0.39, 0.29) is 12.2 Å². The Morgan fingerprint density at radius 1 is 1.09 bits per heavy atom. The molecule has 5 heteroatoms. The number of carbonyl (C=O) groups excluding carboxylic acids is 1. The summed E-state index contributed by atoms with van der Waals surface area (Å²) in [5, 5.41) is 0.522. The molecule has 4 nitrogen and oxygen atoms in total. The normalized spacial score (nSPS) is 10.6. The van der Waals surface area contributed by atoms with Crippen molar-refractivity contribution in [3.05, 3.63) is 64.9 Å².